The van der Waals surface area contributed by atoms with Crippen LogP contribution in [0, 0.1) is 6.92 Å². The van der Waals surface area contributed by atoms with Crippen molar-refractivity contribution in [3.63, 3.8) is 0 Å². The van der Waals surface area contributed by atoms with E-state index in [1.54, 1.807) is 13.3 Å². The van der Waals surface area contributed by atoms with E-state index in [2.05, 4.69) is 10.00 Å². The molecule has 1 fully saturated rings. The van der Waals surface area contributed by atoms with Gasteiger partial charge in [0.05, 0.1) is 13.3 Å². The fourth-order valence-electron chi connectivity index (χ4n) is 4.28. The molecule has 2 atom stereocenters. The van der Waals surface area contributed by atoms with Crippen LogP contribution < -0.4 is 24.7 Å². The molecular weight excluding hydrogens is 374 g/mol. The maximum Gasteiger partial charge on any atom is 0.313 e. The molecule has 1 saturated heterocycles. The summed E-state index contributed by atoms with van der Waals surface area (Å²) in [5.41, 5.74) is 2.54. The van der Waals surface area contributed by atoms with Crippen LogP contribution in [0.15, 0.2) is 23.1 Å². The molecule has 8 heteroatoms. The number of aromatic nitrogens is 2. The molecule has 1 aromatic carbocycles. The van der Waals surface area contributed by atoms with Crippen LogP contribution in [-0.4, -0.2) is 42.9 Å². The standard InChI is InChI=1S/C21H25N3O5/c1-13-9-17-14(10-16(13)26-2)6-7-23-15-11-22-24(18-5-3-4-8-27-18)21(25)20(15)28-12-19(23)29-17/h9-11,18-19H,3-8,12H2,1-2H3. The lowest BCUT2D eigenvalue weighted by molar-refractivity contribution is -0.0432. The number of methoxy groups -OCH3 is 1. The van der Waals surface area contributed by atoms with E-state index in [1.807, 2.05) is 19.1 Å². The van der Waals surface area contributed by atoms with Gasteiger partial charge in [0.25, 0.3) is 0 Å². The van der Waals surface area contributed by atoms with Crippen LogP contribution in [0.25, 0.3) is 0 Å². The SMILES string of the molecule is COc1cc2c(cc1C)OC1COc3c(cnn(C4CCCCO4)c3=O)N1CC2. The number of benzene rings is 1. The number of fused-ring (bicyclic) bond motifs is 4. The first-order valence-electron chi connectivity index (χ1n) is 10.1. The minimum absolute atomic E-state index is 0.243. The highest BCUT2D eigenvalue weighted by Crippen LogP contribution is 2.37. The molecule has 1 aromatic heterocycles. The van der Waals surface area contributed by atoms with Gasteiger partial charge in [0.2, 0.25) is 12.0 Å². The number of aryl methyl sites for hydroxylation is 1. The van der Waals surface area contributed by atoms with Crippen molar-refractivity contribution in [2.45, 2.75) is 45.1 Å². The molecule has 154 valence electrons. The van der Waals surface area contributed by atoms with Crippen molar-refractivity contribution in [1.29, 1.82) is 0 Å². The first-order chi connectivity index (χ1) is 14.2. The molecule has 0 aliphatic carbocycles. The third-order valence-electron chi connectivity index (χ3n) is 5.86. The molecular formula is C21H25N3O5. The molecule has 29 heavy (non-hydrogen) atoms. The third-order valence-corrected chi connectivity index (χ3v) is 5.86. The van der Waals surface area contributed by atoms with Crippen molar-refractivity contribution in [1.82, 2.24) is 9.78 Å². The van der Waals surface area contributed by atoms with Gasteiger partial charge in [-0.25, -0.2) is 0 Å². The second-order valence-corrected chi connectivity index (χ2v) is 7.69. The Hall–Kier alpha value is -2.74. The van der Waals surface area contributed by atoms with Crippen LogP contribution in [0.4, 0.5) is 5.69 Å². The lowest BCUT2D eigenvalue weighted by atomic mass is 10.1. The zero-order valence-electron chi connectivity index (χ0n) is 16.7. The molecule has 4 heterocycles. The Balaban J connectivity index is 1.47. The van der Waals surface area contributed by atoms with E-state index in [-0.39, 0.29) is 24.6 Å². The van der Waals surface area contributed by atoms with Gasteiger partial charge < -0.3 is 23.8 Å². The first kappa shape index (κ1) is 18.3. The van der Waals surface area contributed by atoms with Crippen LogP contribution >= 0.6 is 0 Å². The predicted octanol–water partition coefficient (Wildman–Crippen LogP) is 2.42. The van der Waals surface area contributed by atoms with Crippen LogP contribution in [-0.2, 0) is 11.2 Å². The maximum absolute atomic E-state index is 13.0. The summed E-state index contributed by atoms with van der Waals surface area (Å²) in [6.07, 6.45) is 4.69. The number of ether oxygens (including phenoxy) is 4. The van der Waals surface area contributed by atoms with Crippen LogP contribution in [0.5, 0.6) is 17.2 Å². The third kappa shape index (κ3) is 3.11. The van der Waals surface area contributed by atoms with Gasteiger partial charge in [-0.1, -0.05) is 0 Å². The van der Waals surface area contributed by atoms with Gasteiger partial charge in [-0.3, -0.25) is 4.79 Å². The Morgan fingerprint density at radius 1 is 1.24 bits per heavy atom. The van der Waals surface area contributed by atoms with Gasteiger partial charge in [0, 0.05) is 13.2 Å². The maximum atomic E-state index is 13.0. The molecule has 5 rings (SSSR count). The molecule has 0 amide bonds. The molecule has 3 aliphatic heterocycles. The van der Waals surface area contributed by atoms with Gasteiger partial charge in [0.1, 0.15) is 23.8 Å². The van der Waals surface area contributed by atoms with Gasteiger partial charge in [-0.15, -0.1) is 0 Å². The highest BCUT2D eigenvalue weighted by molar-refractivity contribution is 5.59. The summed E-state index contributed by atoms with van der Waals surface area (Å²) < 4.78 is 24.8. The number of hydrogen-bond acceptors (Lipinski definition) is 7. The second kappa shape index (κ2) is 7.26. The Bertz CT molecular complexity index is 983. The summed E-state index contributed by atoms with van der Waals surface area (Å²) in [4.78, 5) is 15.1. The summed E-state index contributed by atoms with van der Waals surface area (Å²) in [6.45, 7) is 3.63. The summed E-state index contributed by atoms with van der Waals surface area (Å²) in [5, 5.41) is 4.41. The molecule has 8 nitrogen and oxygen atoms in total. The fraction of sp³-hybridized carbons (Fsp3) is 0.524. The molecule has 2 unspecified atom stereocenters. The fourth-order valence-corrected chi connectivity index (χ4v) is 4.28. The molecule has 2 aromatic rings. The molecule has 3 aliphatic rings. The van der Waals surface area contributed by atoms with Crippen molar-refractivity contribution in [2.75, 3.05) is 31.8 Å². The zero-order valence-corrected chi connectivity index (χ0v) is 16.7. The Labute approximate surface area is 168 Å². The van der Waals surface area contributed by atoms with E-state index in [0.717, 1.165) is 48.3 Å². The topological polar surface area (TPSA) is 75.0 Å². The van der Waals surface area contributed by atoms with Crippen LogP contribution in [0.3, 0.4) is 0 Å². The number of anilines is 1. The average Bonchev–Trinajstić information content (AvgIpc) is 2.92. The lowest BCUT2D eigenvalue weighted by Crippen LogP contribution is -2.48. The summed E-state index contributed by atoms with van der Waals surface area (Å²) >= 11 is 0. The summed E-state index contributed by atoms with van der Waals surface area (Å²) in [6, 6.07) is 4.03. The van der Waals surface area contributed by atoms with E-state index >= 15 is 0 Å². The normalized spacial score (nSPS) is 23.0. The van der Waals surface area contributed by atoms with Gasteiger partial charge in [-0.05, 0) is 55.9 Å². The monoisotopic (exact) mass is 399 g/mol. The van der Waals surface area contributed by atoms with Crippen molar-refractivity contribution in [2.24, 2.45) is 0 Å². The van der Waals surface area contributed by atoms with Gasteiger partial charge in [-0.2, -0.15) is 9.78 Å². The largest absolute Gasteiger partial charge is 0.496 e. The van der Waals surface area contributed by atoms with Gasteiger partial charge in [0.15, 0.2) is 6.23 Å². The highest BCUT2D eigenvalue weighted by Gasteiger charge is 2.35. The zero-order chi connectivity index (χ0) is 20.0. The van der Waals surface area contributed by atoms with Crippen molar-refractivity contribution in [3.8, 4) is 17.2 Å². The van der Waals surface area contributed by atoms with E-state index in [9.17, 15) is 4.79 Å². The van der Waals surface area contributed by atoms with Crippen LogP contribution in [0.2, 0.25) is 0 Å². The Kier molecular flexibility index (Phi) is 4.58. The summed E-state index contributed by atoms with van der Waals surface area (Å²) in [7, 11) is 1.67. The van der Waals surface area contributed by atoms with Crippen molar-refractivity contribution < 1.29 is 18.9 Å². The molecule has 0 radical (unpaired) electrons. The number of nitrogens with zero attached hydrogens (tertiary/aromatic N) is 3. The van der Waals surface area contributed by atoms with E-state index in [0.29, 0.717) is 24.6 Å². The minimum Gasteiger partial charge on any atom is -0.496 e. The lowest BCUT2D eigenvalue weighted by Gasteiger charge is -2.36. The summed E-state index contributed by atoms with van der Waals surface area (Å²) in [5.74, 6) is 2.01. The van der Waals surface area contributed by atoms with E-state index in [1.165, 1.54) is 4.68 Å². The van der Waals surface area contributed by atoms with Gasteiger partial charge >= 0.3 is 5.56 Å². The number of rotatable bonds is 2. The van der Waals surface area contributed by atoms with E-state index < -0.39 is 0 Å². The molecule has 0 saturated carbocycles. The predicted molar refractivity (Wildman–Crippen MR) is 106 cm³/mol. The van der Waals surface area contributed by atoms with Crippen LogP contribution in [0.1, 0.15) is 36.6 Å². The van der Waals surface area contributed by atoms with Crippen molar-refractivity contribution >= 4 is 5.69 Å². The first-order valence-corrected chi connectivity index (χ1v) is 10.1. The molecule has 0 bridgehead atoms. The smallest absolute Gasteiger partial charge is 0.313 e. The Morgan fingerprint density at radius 2 is 2.14 bits per heavy atom. The number of hydrogen-bond donors (Lipinski definition) is 0. The highest BCUT2D eigenvalue weighted by atomic mass is 16.6. The van der Waals surface area contributed by atoms with E-state index in [4.69, 9.17) is 18.9 Å². The minimum atomic E-state index is -0.317. The molecule has 0 spiro atoms. The average molecular weight is 399 g/mol. The van der Waals surface area contributed by atoms with Crippen molar-refractivity contribution in [3.05, 3.63) is 39.8 Å². The Morgan fingerprint density at radius 3 is 2.93 bits per heavy atom. The molecule has 0 N–H and O–H groups in total. The second-order valence-electron chi connectivity index (χ2n) is 7.69. The quantitative estimate of drug-likeness (QED) is 0.768.